The molecule has 2 heterocycles. The molecule has 5 nitrogen and oxygen atoms in total. The molecule has 1 aromatic heterocycles. The summed E-state index contributed by atoms with van der Waals surface area (Å²) >= 11 is 1.78. The Morgan fingerprint density at radius 1 is 1.59 bits per heavy atom. The molecule has 0 bridgehead atoms. The zero-order valence-electron chi connectivity index (χ0n) is 10.8. The number of nitrogens with zero attached hydrogens (tertiary/aromatic N) is 4. The predicted octanol–water partition coefficient (Wildman–Crippen LogP) is 1.74. The van der Waals surface area contributed by atoms with E-state index in [0.717, 1.165) is 23.2 Å². The Kier molecular flexibility index (Phi) is 3.42. The Balaban J connectivity index is 2.11. The summed E-state index contributed by atoms with van der Waals surface area (Å²) in [5.74, 6) is 2.01. The molecule has 0 saturated carbocycles. The van der Waals surface area contributed by atoms with Crippen molar-refractivity contribution in [2.24, 2.45) is 12.0 Å². The molecule has 2 rings (SSSR count). The van der Waals surface area contributed by atoms with Crippen LogP contribution in [0.5, 0.6) is 0 Å². The summed E-state index contributed by atoms with van der Waals surface area (Å²) in [4.78, 5) is 4.68. The van der Waals surface area contributed by atoms with Crippen LogP contribution >= 0.6 is 11.8 Å². The van der Waals surface area contributed by atoms with Gasteiger partial charge in [-0.15, -0.1) is 10.2 Å². The van der Waals surface area contributed by atoms with E-state index in [1.165, 1.54) is 0 Å². The summed E-state index contributed by atoms with van der Waals surface area (Å²) in [6, 6.07) is 0.0337. The zero-order chi connectivity index (χ0) is 12.5. The largest absolute Gasteiger partial charge is 0.360 e. The van der Waals surface area contributed by atoms with Gasteiger partial charge >= 0.3 is 0 Å². The lowest BCUT2D eigenvalue weighted by atomic mass is 10.0. The number of aromatic nitrogens is 3. The van der Waals surface area contributed by atoms with Crippen LogP contribution in [-0.2, 0) is 7.05 Å². The standard InChI is InChI=1S/C11H19N5S/c1-8(9-15-12-7-16(9)4)13-10-14-11(2,3)5-6-17-10/h7-8H,5-6H2,1-4H3,(H,13,14). The van der Waals surface area contributed by atoms with Crippen LogP contribution in [0.15, 0.2) is 11.3 Å². The van der Waals surface area contributed by atoms with Gasteiger partial charge in [0.25, 0.3) is 0 Å². The van der Waals surface area contributed by atoms with E-state index in [2.05, 4.69) is 34.4 Å². The lowest BCUT2D eigenvalue weighted by Crippen LogP contribution is -2.46. The van der Waals surface area contributed by atoms with Crippen molar-refractivity contribution >= 4 is 16.9 Å². The summed E-state index contributed by atoms with van der Waals surface area (Å²) in [5, 5.41) is 12.4. The maximum absolute atomic E-state index is 4.68. The van der Waals surface area contributed by atoms with E-state index in [0.29, 0.717) is 0 Å². The SMILES string of the molecule is CC(N=C1NC(C)(C)CCS1)c1nncn1C. The molecule has 0 aliphatic carbocycles. The lowest BCUT2D eigenvalue weighted by molar-refractivity contribution is 0.445. The van der Waals surface area contributed by atoms with E-state index in [-0.39, 0.29) is 11.6 Å². The molecular weight excluding hydrogens is 234 g/mol. The smallest absolute Gasteiger partial charge is 0.157 e. The highest BCUT2D eigenvalue weighted by Crippen LogP contribution is 2.24. The summed E-state index contributed by atoms with van der Waals surface area (Å²) in [6.07, 6.45) is 2.87. The van der Waals surface area contributed by atoms with Gasteiger partial charge in [0.05, 0.1) is 0 Å². The molecule has 1 fully saturated rings. The van der Waals surface area contributed by atoms with Crippen LogP contribution in [0.4, 0.5) is 0 Å². The molecule has 6 heteroatoms. The fourth-order valence-corrected chi connectivity index (χ4v) is 3.15. The fourth-order valence-electron chi connectivity index (χ4n) is 1.76. The van der Waals surface area contributed by atoms with E-state index in [1.807, 2.05) is 18.5 Å². The maximum atomic E-state index is 4.68. The second kappa shape index (κ2) is 4.68. The molecule has 0 radical (unpaired) electrons. The average molecular weight is 253 g/mol. The van der Waals surface area contributed by atoms with Crippen molar-refractivity contribution in [3.05, 3.63) is 12.2 Å². The minimum Gasteiger partial charge on any atom is -0.360 e. The molecule has 0 amide bonds. The predicted molar refractivity (Wildman–Crippen MR) is 71.1 cm³/mol. The summed E-state index contributed by atoms with van der Waals surface area (Å²) in [6.45, 7) is 6.45. The van der Waals surface area contributed by atoms with E-state index >= 15 is 0 Å². The summed E-state index contributed by atoms with van der Waals surface area (Å²) in [7, 11) is 1.94. The lowest BCUT2D eigenvalue weighted by Gasteiger charge is -2.32. The number of amidine groups is 1. The van der Waals surface area contributed by atoms with Crippen molar-refractivity contribution < 1.29 is 0 Å². The van der Waals surface area contributed by atoms with Crippen LogP contribution in [-0.4, -0.2) is 31.2 Å². The first-order chi connectivity index (χ1) is 7.98. The highest BCUT2D eigenvalue weighted by molar-refractivity contribution is 8.13. The first-order valence-corrected chi connectivity index (χ1v) is 6.79. The molecule has 1 unspecified atom stereocenters. The van der Waals surface area contributed by atoms with E-state index < -0.39 is 0 Å². The van der Waals surface area contributed by atoms with Gasteiger partial charge < -0.3 is 9.88 Å². The van der Waals surface area contributed by atoms with Crippen molar-refractivity contribution in [1.29, 1.82) is 0 Å². The molecule has 0 aromatic carbocycles. The van der Waals surface area contributed by atoms with Gasteiger partial charge in [-0.2, -0.15) is 0 Å². The molecule has 1 aliphatic heterocycles. The maximum Gasteiger partial charge on any atom is 0.157 e. The Morgan fingerprint density at radius 2 is 2.35 bits per heavy atom. The molecule has 1 saturated heterocycles. The average Bonchev–Trinajstić information content (AvgIpc) is 2.62. The normalized spacial score (nSPS) is 23.4. The van der Waals surface area contributed by atoms with Gasteiger partial charge in [0.2, 0.25) is 0 Å². The molecule has 1 atom stereocenters. The van der Waals surface area contributed by atoms with E-state index in [9.17, 15) is 0 Å². The van der Waals surface area contributed by atoms with Crippen LogP contribution in [0.2, 0.25) is 0 Å². The number of aryl methyl sites for hydroxylation is 1. The van der Waals surface area contributed by atoms with Crippen molar-refractivity contribution in [2.45, 2.75) is 38.8 Å². The topological polar surface area (TPSA) is 55.1 Å². The van der Waals surface area contributed by atoms with Crippen LogP contribution < -0.4 is 5.32 Å². The van der Waals surface area contributed by atoms with Gasteiger partial charge in [-0.05, 0) is 27.2 Å². The number of hydrogen-bond donors (Lipinski definition) is 1. The van der Waals surface area contributed by atoms with Gasteiger partial charge in [-0.3, -0.25) is 4.99 Å². The van der Waals surface area contributed by atoms with Gasteiger partial charge in [0.1, 0.15) is 12.4 Å². The van der Waals surface area contributed by atoms with E-state index in [4.69, 9.17) is 0 Å². The van der Waals surface area contributed by atoms with Crippen LogP contribution in [0.1, 0.15) is 39.1 Å². The van der Waals surface area contributed by atoms with Crippen LogP contribution in [0.3, 0.4) is 0 Å². The third-order valence-electron chi connectivity index (χ3n) is 2.84. The van der Waals surface area contributed by atoms with Crippen molar-refractivity contribution in [3.8, 4) is 0 Å². The Labute approximate surface area is 106 Å². The number of rotatable bonds is 2. The van der Waals surface area contributed by atoms with Crippen LogP contribution in [0.25, 0.3) is 0 Å². The minimum atomic E-state index is 0.0337. The summed E-state index contributed by atoms with van der Waals surface area (Å²) < 4.78 is 1.91. The van der Waals surface area contributed by atoms with Crippen molar-refractivity contribution in [2.75, 3.05) is 5.75 Å². The number of hydrogen-bond acceptors (Lipinski definition) is 4. The molecule has 1 aromatic rings. The second-order valence-electron chi connectivity index (χ2n) is 5.02. The third kappa shape index (κ3) is 3.00. The molecule has 0 spiro atoms. The fraction of sp³-hybridized carbons (Fsp3) is 0.727. The Bertz CT molecular complexity index is 423. The first-order valence-electron chi connectivity index (χ1n) is 5.81. The first kappa shape index (κ1) is 12.4. The Hall–Kier alpha value is -1.04. The minimum absolute atomic E-state index is 0.0337. The number of aliphatic imine (C=N–C) groups is 1. The molecular formula is C11H19N5S. The van der Waals surface area contributed by atoms with Gasteiger partial charge in [-0.1, -0.05) is 11.8 Å². The number of nitrogens with one attached hydrogen (secondary N) is 1. The van der Waals surface area contributed by atoms with Crippen molar-refractivity contribution in [1.82, 2.24) is 20.1 Å². The molecule has 1 N–H and O–H groups in total. The van der Waals surface area contributed by atoms with Crippen molar-refractivity contribution in [3.63, 3.8) is 0 Å². The van der Waals surface area contributed by atoms with Gasteiger partial charge in [0, 0.05) is 18.3 Å². The molecule has 1 aliphatic rings. The summed E-state index contributed by atoms with van der Waals surface area (Å²) in [5.41, 5.74) is 0.143. The van der Waals surface area contributed by atoms with E-state index in [1.54, 1.807) is 18.1 Å². The Morgan fingerprint density at radius 3 is 2.94 bits per heavy atom. The molecule has 94 valence electrons. The monoisotopic (exact) mass is 253 g/mol. The number of thioether (sulfide) groups is 1. The third-order valence-corrected chi connectivity index (χ3v) is 3.73. The van der Waals surface area contributed by atoms with Gasteiger partial charge in [0.15, 0.2) is 11.0 Å². The second-order valence-corrected chi connectivity index (χ2v) is 6.10. The van der Waals surface area contributed by atoms with Gasteiger partial charge in [-0.25, -0.2) is 0 Å². The highest BCUT2D eigenvalue weighted by Gasteiger charge is 2.25. The zero-order valence-corrected chi connectivity index (χ0v) is 11.6. The highest BCUT2D eigenvalue weighted by atomic mass is 32.2. The quantitative estimate of drug-likeness (QED) is 0.872. The van der Waals surface area contributed by atoms with Crippen LogP contribution in [0, 0.1) is 0 Å². The molecule has 17 heavy (non-hydrogen) atoms.